The van der Waals surface area contributed by atoms with Crippen LogP contribution in [0.2, 0.25) is 0 Å². The summed E-state index contributed by atoms with van der Waals surface area (Å²) in [5.74, 6) is 1.10. The number of aryl methyl sites for hydroxylation is 1. The number of nitrogens with one attached hydrogen (secondary N) is 3. The molecule has 0 unspecified atom stereocenters. The Kier molecular flexibility index (Phi) is 7.37. The van der Waals surface area contributed by atoms with Gasteiger partial charge in [0.2, 0.25) is 6.43 Å². The summed E-state index contributed by atoms with van der Waals surface area (Å²) < 4.78 is 70.9. The fraction of sp³-hybridized carbons (Fsp3) is 0.200. The van der Waals surface area contributed by atoms with Gasteiger partial charge in [-0.25, -0.2) is 18.6 Å². The highest BCUT2D eigenvalue weighted by atomic mass is 19.4. The van der Waals surface area contributed by atoms with E-state index < -0.39 is 30.6 Å². The van der Waals surface area contributed by atoms with Gasteiger partial charge in [-0.05, 0) is 66.9 Å². The third-order valence-corrected chi connectivity index (χ3v) is 5.30. The van der Waals surface area contributed by atoms with Gasteiger partial charge in [0, 0.05) is 30.2 Å². The van der Waals surface area contributed by atoms with Gasteiger partial charge >= 0.3 is 12.2 Å². The van der Waals surface area contributed by atoms with Gasteiger partial charge < -0.3 is 20.4 Å². The number of aromatic amines is 1. The summed E-state index contributed by atoms with van der Waals surface area (Å²) in [6.45, 7) is 0. The first-order valence-electron chi connectivity index (χ1n) is 11.0. The van der Waals surface area contributed by atoms with Gasteiger partial charge in [-0.2, -0.15) is 13.2 Å². The Hall–Kier alpha value is -4.15. The van der Waals surface area contributed by atoms with E-state index in [1.54, 1.807) is 42.7 Å². The molecule has 2 aromatic heterocycles. The standard InChI is InChI=1S/C25H21F5N4O2/c26-22(27)3-1-2-15-4-5-17(14-20(15)25(28,29)30)34-24(35)33-16-6-8-18(9-7-16)36-21-11-13-32-23-19(21)10-12-31-23/h4-14,22H,1-3H2,(H,31,32)(H2,33,34,35). The number of pyridine rings is 1. The largest absolute Gasteiger partial charge is 0.457 e. The summed E-state index contributed by atoms with van der Waals surface area (Å²) in [6.07, 6.45) is -4.62. The van der Waals surface area contributed by atoms with E-state index in [4.69, 9.17) is 4.74 Å². The number of H-pyrrole nitrogens is 1. The van der Waals surface area contributed by atoms with Crippen LogP contribution in [0, 0.1) is 0 Å². The van der Waals surface area contributed by atoms with Gasteiger partial charge in [-0.3, -0.25) is 0 Å². The molecule has 0 radical (unpaired) electrons. The Balaban J connectivity index is 1.39. The van der Waals surface area contributed by atoms with Crippen molar-refractivity contribution in [2.24, 2.45) is 0 Å². The number of ether oxygens (including phenoxy) is 1. The van der Waals surface area contributed by atoms with Crippen LogP contribution in [0.25, 0.3) is 11.0 Å². The third kappa shape index (κ3) is 6.29. The molecule has 4 rings (SSSR count). The molecule has 0 spiro atoms. The average molecular weight is 504 g/mol. The predicted octanol–water partition coefficient (Wildman–Crippen LogP) is 7.61. The van der Waals surface area contributed by atoms with Gasteiger partial charge in [-0.15, -0.1) is 0 Å². The Morgan fingerprint density at radius 2 is 1.72 bits per heavy atom. The molecule has 6 nitrogen and oxygen atoms in total. The lowest BCUT2D eigenvalue weighted by Gasteiger charge is -2.15. The van der Waals surface area contributed by atoms with Gasteiger partial charge in [0.25, 0.3) is 0 Å². The van der Waals surface area contributed by atoms with Crippen molar-refractivity contribution in [2.75, 3.05) is 10.6 Å². The second kappa shape index (κ2) is 10.6. The van der Waals surface area contributed by atoms with Gasteiger partial charge in [0.05, 0.1) is 10.9 Å². The second-order valence-electron chi connectivity index (χ2n) is 7.91. The molecule has 0 aliphatic carbocycles. The summed E-state index contributed by atoms with van der Waals surface area (Å²) in [5, 5.41) is 5.71. The highest BCUT2D eigenvalue weighted by Crippen LogP contribution is 2.35. The van der Waals surface area contributed by atoms with Crippen LogP contribution in [-0.4, -0.2) is 22.4 Å². The topological polar surface area (TPSA) is 79.0 Å². The molecule has 188 valence electrons. The van der Waals surface area contributed by atoms with Crippen molar-refractivity contribution < 1.29 is 31.5 Å². The minimum absolute atomic E-state index is 0.0782. The first-order valence-corrected chi connectivity index (χ1v) is 11.0. The van der Waals surface area contributed by atoms with Crippen LogP contribution in [-0.2, 0) is 12.6 Å². The number of hydrogen-bond donors (Lipinski definition) is 3. The molecule has 4 aromatic rings. The normalized spacial score (nSPS) is 11.6. The molecule has 0 aliphatic rings. The van der Waals surface area contributed by atoms with E-state index in [0.717, 1.165) is 11.5 Å². The number of hydrogen-bond acceptors (Lipinski definition) is 3. The molecule has 11 heteroatoms. The van der Waals surface area contributed by atoms with Crippen LogP contribution in [0.3, 0.4) is 0 Å². The molecule has 0 atom stereocenters. The molecule has 0 saturated heterocycles. The summed E-state index contributed by atoms with van der Waals surface area (Å²) >= 11 is 0. The van der Waals surface area contributed by atoms with Crippen molar-refractivity contribution >= 4 is 28.4 Å². The van der Waals surface area contributed by atoms with E-state index in [9.17, 15) is 26.7 Å². The summed E-state index contributed by atoms with van der Waals surface area (Å²) in [4.78, 5) is 19.5. The summed E-state index contributed by atoms with van der Waals surface area (Å²) in [5.41, 5.74) is -0.0801. The molecule has 3 N–H and O–H groups in total. The molecular formula is C25H21F5N4O2. The predicted molar refractivity (Wildman–Crippen MR) is 126 cm³/mol. The zero-order valence-corrected chi connectivity index (χ0v) is 18.7. The number of alkyl halides is 5. The molecule has 2 amide bonds. The minimum Gasteiger partial charge on any atom is -0.457 e. The van der Waals surface area contributed by atoms with E-state index >= 15 is 0 Å². The summed E-state index contributed by atoms with van der Waals surface area (Å²) in [7, 11) is 0. The first-order chi connectivity index (χ1) is 17.2. The van der Waals surface area contributed by atoms with Gasteiger partial charge in [0.15, 0.2) is 0 Å². The van der Waals surface area contributed by atoms with Gasteiger partial charge in [-0.1, -0.05) is 6.07 Å². The molecule has 36 heavy (non-hydrogen) atoms. The minimum atomic E-state index is -4.69. The number of nitrogens with zero attached hydrogens (tertiary/aromatic N) is 1. The Bertz CT molecular complexity index is 1340. The molecule has 0 fully saturated rings. The third-order valence-electron chi connectivity index (χ3n) is 5.30. The van der Waals surface area contributed by atoms with Crippen molar-refractivity contribution in [1.82, 2.24) is 9.97 Å². The monoisotopic (exact) mass is 504 g/mol. The van der Waals surface area contributed by atoms with Crippen molar-refractivity contribution in [3.05, 3.63) is 78.1 Å². The molecule has 0 aliphatic heterocycles. The fourth-order valence-electron chi connectivity index (χ4n) is 3.63. The Morgan fingerprint density at radius 1 is 1.00 bits per heavy atom. The SMILES string of the molecule is O=C(Nc1ccc(Oc2ccnc3[nH]ccc23)cc1)Nc1ccc(CCCC(F)F)c(C(F)(F)F)c1. The van der Waals surface area contributed by atoms with E-state index in [-0.39, 0.29) is 24.1 Å². The lowest BCUT2D eigenvalue weighted by molar-refractivity contribution is -0.138. The number of carbonyl (C=O) groups is 1. The van der Waals surface area contributed by atoms with Crippen LogP contribution >= 0.6 is 0 Å². The first kappa shape index (κ1) is 25.0. The quantitative estimate of drug-likeness (QED) is 0.216. The van der Waals surface area contributed by atoms with Crippen LogP contribution in [0.5, 0.6) is 11.5 Å². The van der Waals surface area contributed by atoms with Crippen LogP contribution < -0.4 is 15.4 Å². The van der Waals surface area contributed by atoms with E-state index in [1.165, 1.54) is 12.1 Å². The highest BCUT2D eigenvalue weighted by Gasteiger charge is 2.33. The number of fused-ring (bicyclic) bond motifs is 1. The average Bonchev–Trinajstić information content (AvgIpc) is 3.30. The lowest BCUT2D eigenvalue weighted by atomic mass is 10.0. The van der Waals surface area contributed by atoms with Crippen LogP contribution in [0.1, 0.15) is 24.0 Å². The molecule has 0 saturated carbocycles. The number of carbonyl (C=O) groups excluding carboxylic acids is 1. The van der Waals surface area contributed by atoms with E-state index in [1.807, 2.05) is 6.07 Å². The molecule has 2 heterocycles. The summed E-state index contributed by atoms with van der Waals surface area (Å²) in [6, 6.07) is 12.5. The zero-order chi connectivity index (χ0) is 25.7. The van der Waals surface area contributed by atoms with E-state index in [0.29, 0.717) is 22.8 Å². The maximum absolute atomic E-state index is 13.5. The second-order valence-corrected chi connectivity index (χ2v) is 7.91. The molecule has 2 aromatic carbocycles. The molecule has 0 bridgehead atoms. The van der Waals surface area contributed by atoms with Crippen molar-refractivity contribution in [1.29, 1.82) is 0 Å². The maximum atomic E-state index is 13.5. The fourth-order valence-corrected chi connectivity index (χ4v) is 3.63. The van der Waals surface area contributed by atoms with Crippen molar-refractivity contribution in [3.63, 3.8) is 0 Å². The van der Waals surface area contributed by atoms with Crippen molar-refractivity contribution in [3.8, 4) is 11.5 Å². The number of amides is 2. The smallest absolute Gasteiger partial charge is 0.416 e. The Labute approximate surface area is 202 Å². The van der Waals surface area contributed by atoms with Crippen LogP contribution in [0.4, 0.5) is 38.1 Å². The van der Waals surface area contributed by atoms with E-state index in [2.05, 4.69) is 20.6 Å². The lowest BCUT2D eigenvalue weighted by Crippen LogP contribution is -2.20. The number of urea groups is 1. The number of benzene rings is 2. The Morgan fingerprint density at radius 3 is 2.44 bits per heavy atom. The number of halogens is 5. The number of rotatable bonds is 8. The number of aromatic nitrogens is 2. The highest BCUT2D eigenvalue weighted by molar-refractivity contribution is 5.99. The number of anilines is 2. The van der Waals surface area contributed by atoms with Gasteiger partial charge in [0.1, 0.15) is 17.1 Å². The van der Waals surface area contributed by atoms with Crippen LogP contribution in [0.15, 0.2) is 67.0 Å². The zero-order valence-electron chi connectivity index (χ0n) is 18.7. The van der Waals surface area contributed by atoms with Crippen molar-refractivity contribution in [2.45, 2.75) is 31.9 Å². The maximum Gasteiger partial charge on any atom is 0.416 e. The molecular weight excluding hydrogens is 483 g/mol.